The first-order valence-corrected chi connectivity index (χ1v) is 14.7. The van der Waals surface area contributed by atoms with Gasteiger partial charge in [-0.25, -0.2) is 0 Å². The molecule has 212 valence electrons. The molecule has 0 unspecified atom stereocenters. The number of tetrazole rings is 1. The summed E-state index contributed by atoms with van der Waals surface area (Å²) in [5.74, 6) is 0.598. The molecule has 0 spiro atoms. The van der Waals surface area contributed by atoms with Gasteiger partial charge < -0.3 is 15.0 Å². The Balaban J connectivity index is 1.10. The number of hydrogen-bond acceptors (Lipinski definition) is 8. The molecule has 0 aliphatic heterocycles. The first-order valence-electron chi connectivity index (χ1n) is 12.9. The summed E-state index contributed by atoms with van der Waals surface area (Å²) in [6.07, 6.45) is 6.54. The lowest BCUT2D eigenvalue weighted by atomic mass is 10.1. The average Bonchev–Trinajstić information content (AvgIpc) is 3.73. The van der Waals surface area contributed by atoms with E-state index in [4.69, 9.17) is 27.9 Å². The van der Waals surface area contributed by atoms with E-state index in [1.807, 2.05) is 30.3 Å². The third kappa shape index (κ3) is 7.75. The van der Waals surface area contributed by atoms with E-state index in [1.54, 1.807) is 42.5 Å². The van der Waals surface area contributed by atoms with Crippen LogP contribution in [0.5, 0.6) is 5.75 Å². The third-order valence-electron chi connectivity index (χ3n) is 6.51. The fourth-order valence-corrected chi connectivity index (χ4v) is 5.19. The smallest absolute Gasteiger partial charge is 0.260 e. The van der Waals surface area contributed by atoms with Gasteiger partial charge in [0.2, 0.25) is 11.1 Å². The third-order valence-corrected chi connectivity index (χ3v) is 8.04. The topological polar surface area (TPSA) is 115 Å². The van der Waals surface area contributed by atoms with E-state index in [0.29, 0.717) is 39.8 Å². The molecule has 2 amide bonds. The van der Waals surface area contributed by atoms with Crippen LogP contribution in [0.25, 0.3) is 5.69 Å². The summed E-state index contributed by atoms with van der Waals surface area (Å²) in [6, 6.07) is 14.6. The van der Waals surface area contributed by atoms with Crippen LogP contribution in [0.4, 0.5) is 5.69 Å². The number of benzene rings is 2. The standard InChI is InChI=1S/C28H27Cl2N7O3S/c1-36(13-10-18-8-11-31-12-9-18)27(39)16-40-21-5-6-24(22(29)15-21)32-26(38)17-41-28-33-34-35-37(28)25-7-4-20(14-23(25)30)19-2-3-19/h4-9,11-12,14-15,19H,2-3,10,13,16-17H2,1H3,(H,32,38). The molecule has 2 aromatic carbocycles. The minimum atomic E-state index is -0.290. The molecule has 2 heterocycles. The zero-order chi connectivity index (χ0) is 28.8. The molecule has 0 radical (unpaired) electrons. The van der Waals surface area contributed by atoms with Gasteiger partial charge in [-0.2, -0.15) is 4.68 Å². The molecule has 0 bridgehead atoms. The second-order valence-corrected chi connectivity index (χ2v) is 11.3. The van der Waals surface area contributed by atoms with Gasteiger partial charge in [0.05, 0.1) is 27.2 Å². The van der Waals surface area contributed by atoms with Crippen molar-refractivity contribution in [3.8, 4) is 11.4 Å². The van der Waals surface area contributed by atoms with Crippen molar-refractivity contribution in [1.29, 1.82) is 0 Å². The number of halogens is 2. The number of rotatable bonds is 12. The van der Waals surface area contributed by atoms with E-state index >= 15 is 0 Å². The molecule has 0 atom stereocenters. The Hall–Kier alpha value is -3.67. The monoisotopic (exact) mass is 611 g/mol. The van der Waals surface area contributed by atoms with E-state index in [-0.39, 0.29) is 29.2 Å². The Morgan fingerprint density at radius 3 is 2.63 bits per heavy atom. The molecule has 1 aliphatic carbocycles. The second kappa shape index (κ2) is 13.3. The number of pyridine rings is 1. The van der Waals surface area contributed by atoms with Gasteiger partial charge in [0, 0.05) is 32.1 Å². The summed E-state index contributed by atoms with van der Waals surface area (Å²) >= 11 is 14.1. The number of aromatic nitrogens is 5. The number of thioether (sulfide) groups is 1. The van der Waals surface area contributed by atoms with Crippen molar-refractivity contribution in [2.75, 3.05) is 31.3 Å². The highest BCUT2D eigenvalue weighted by Gasteiger charge is 2.24. The van der Waals surface area contributed by atoms with E-state index < -0.39 is 0 Å². The van der Waals surface area contributed by atoms with Gasteiger partial charge in [-0.1, -0.05) is 41.0 Å². The fourth-order valence-electron chi connectivity index (χ4n) is 4.02. The summed E-state index contributed by atoms with van der Waals surface area (Å²) in [4.78, 5) is 30.7. The summed E-state index contributed by atoms with van der Waals surface area (Å²) in [5.41, 5.74) is 3.39. The predicted molar refractivity (Wildman–Crippen MR) is 158 cm³/mol. The lowest BCUT2D eigenvalue weighted by molar-refractivity contribution is -0.132. The molecule has 4 aromatic rings. The second-order valence-electron chi connectivity index (χ2n) is 9.55. The number of likely N-dealkylation sites (N-methyl/N-ethyl adjacent to an activating group) is 1. The van der Waals surface area contributed by atoms with Gasteiger partial charge >= 0.3 is 0 Å². The van der Waals surface area contributed by atoms with Gasteiger partial charge in [0.15, 0.2) is 6.61 Å². The van der Waals surface area contributed by atoms with Crippen LogP contribution in [-0.4, -0.2) is 67.9 Å². The van der Waals surface area contributed by atoms with Crippen LogP contribution >= 0.6 is 35.0 Å². The minimum absolute atomic E-state index is 0.0487. The number of nitrogens with one attached hydrogen (secondary N) is 1. The van der Waals surface area contributed by atoms with Crippen LogP contribution in [0.2, 0.25) is 10.0 Å². The van der Waals surface area contributed by atoms with E-state index in [9.17, 15) is 9.59 Å². The Morgan fingerprint density at radius 1 is 1.10 bits per heavy atom. The highest BCUT2D eigenvalue weighted by molar-refractivity contribution is 7.99. The van der Waals surface area contributed by atoms with Crippen molar-refractivity contribution in [1.82, 2.24) is 30.1 Å². The molecule has 41 heavy (non-hydrogen) atoms. The number of nitrogens with zero attached hydrogens (tertiary/aromatic N) is 6. The van der Waals surface area contributed by atoms with Crippen molar-refractivity contribution in [3.05, 3.63) is 82.1 Å². The van der Waals surface area contributed by atoms with Crippen molar-refractivity contribution < 1.29 is 14.3 Å². The number of amides is 2. The molecule has 1 aliphatic rings. The molecule has 1 fully saturated rings. The maximum atomic E-state index is 12.7. The number of hydrogen-bond donors (Lipinski definition) is 1. The molecule has 5 rings (SSSR count). The van der Waals surface area contributed by atoms with Crippen LogP contribution in [0, 0.1) is 0 Å². The van der Waals surface area contributed by atoms with Gasteiger partial charge in [-0.15, -0.1) is 5.10 Å². The highest BCUT2D eigenvalue weighted by atomic mass is 35.5. The summed E-state index contributed by atoms with van der Waals surface area (Å²) in [7, 11) is 1.73. The molecule has 1 N–H and O–H groups in total. The first kappa shape index (κ1) is 28.8. The SMILES string of the molecule is CN(CCc1ccncc1)C(=O)COc1ccc(NC(=O)CSc2nnnn2-c2ccc(C3CC3)cc2Cl)c(Cl)c1. The molecule has 13 heteroatoms. The lowest BCUT2D eigenvalue weighted by Crippen LogP contribution is -2.33. The molecular formula is C28H27Cl2N7O3S. The van der Waals surface area contributed by atoms with Gasteiger partial charge in [-0.05, 0) is 83.1 Å². The van der Waals surface area contributed by atoms with Gasteiger partial charge in [0.25, 0.3) is 5.91 Å². The average molecular weight is 613 g/mol. The number of carbonyl (C=O) groups is 2. The molecule has 2 aromatic heterocycles. The van der Waals surface area contributed by atoms with E-state index in [2.05, 4.69) is 25.8 Å². The Morgan fingerprint density at radius 2 is 1.90 bits per heavy atom. The zero-order valence-corrected chi connectivity index (χ0v) is 24.5. The Kier molecular flexibility index (Phi) is 9.38. The van der Waals surface area contributed by atoms with Gasteiger partial charge in [-0.3, -0.25) is 14.6 Å². The van der Waals surface area contributed by atoms with E-state index in [1.165, 1.54) is 34.8 Å². The maximum absolute atomic E-state index is 12.7. The quantitative estimate of drug-likeness (QED) is 0.221. The number of carbonyl (C=O) groups excluding carboxylic acids is 2. The van der Waals surface area contributed by atoms with Gasteiger partial charge in [0.1, 0.15) is 5.75 Å². The van der Waals surface area contributed by atoms with Crippen molar-refractivity contribution >= 4 is 52.5 Å². The van der Waals surface area contributed by atoms with Crippen molar-refractivity contribution in [2.45, 2.75) is 30.3 Å². The van der Waals surface area contributed by atoms with Crippen LogP contribution in [0.3, 0.4) is 0 Å². The molecule has 10 nitrogen and oxygen atoms in total. The van der Waals surface area contributed by atoms with Crippen LogP contribution in [0.15, 0.2) is 66.1 Å². The number of ether oxygens (including phenoxy) is 1. The fraction of sp³-hybridized carbons (Fsp3) is 0.286. The van der Waals surface area contributed by atoms with E-state index in [0.717, 1.165) is 12.0 Å². The molecular weight excluding hydrogens is 585 g/mol. The van der Waals surface area contributed by atoms with Crippen LogP contribution in [-0.2, 0) is 16.0 Å². The summed E-state index contributed by atoms with van der Waals surface area (Å²) in [5, 5.41) is 15.9. The highest BCUT2D eigenvalue weighted by Crippen LogP contribution is 2.41. The summed E-state index contributed by atoms with van der Waals surface area (Å²) < 4.78 is 7.15. The first-order chi connectivity index (χ1) is 19.9. The normalized spacial score (nSPS) is 12.7. The lowest BCUT2D eigenvalue weighted by Gasteiger charge is -2.17. The Bertz CT molecular complexity index is 1530. The minimum Gasteiger partial charge on any atom is -0.484 e. The molecule has 0 saturated heterocycles. The molecule has 1 saturated carbocycles. The predicted octanol–water partition coefficient (Wildman–Crippen LogP) is 5.05. The largest absolute Gasteiger partial charge is 0.484 e. The maximum Gasteiger partial charge on any atom is 0.260 e. The van der Waals surface area contributed by atoms with Crippen LogP contribution < -0.4 is 10.1 Å². The van der Waals surface area contributed by atoms with Crippen LogP contribution in [0.1, 0.15) is 29.9 Å². The summed E-state index contributed by atoms with van der Waals surface area (Å²) in [6.45, 7) is 0.426. The number of anilines is 1. The van der Waals surface area contributed by atoms with Crippen molar-refractivity contribution in [2.24, 2.45) is 0 Å². The van der Waals surface area contributed by atoms with Crippen molar-refractivity contribution in [3.63, 3.8) is 0 Å². The Labute approximate surface area is 251 Å². The zero-order valence-electron chi connectivity index (χ0n) is 22.2.